The van der Waals surface area contributed by atoms with E-state index in [1.165, 1.54) is 5.56 Å². The Morgan fingerprint density at radius 1 is 0.880 bits per heavy atom. The Morgan fingerprint density at radius 2 is 1.56 bits per heavy atom. The van der Waals surface area contributed by atoms with Gasteiger partial charge in [0.15, 0.2) is 0 Å². The average Bonchev–Trinajstić information content (AvgIpc) is 2.58. The summed E-state index contributed by atoms with van der Waals surface area (Å²) in [5, 5.41) is 6.60. The molecule has 0 aliphatic carbocycles. The zero-order valence-electron chi connectivity index (χ0n) is 14.4. The molecular formula is C19H20BrN5. The van der Waals surface area contributed by atoms with Crippen LogP contribution in [-0.4, -0.2) is 24.1 Å². The lowest BCUT2D eigenvalue weighted by atomic mass is 10.2. The maximum Gasteiger partial charge on any atom is 0.135 e. The lowest BCUT2D eigenvalue weighted by molar-refractivity contribution is 1.13. The van der Waals surface area contributed by atoms with Gasteiger partial charge in [-0.2, -0.15) is 0 Å². The van der Waals surface area contributed by atoms with E-state index in [0.717, 1.165) is 33.2 Å². The molecule has 0 radical (unpaired) electrons. The van der Waals surface area contributed by atoms with Crippen LogP contribution in [0.5, 0.6) is 0 Å². The van der Waals surface area contributed by atoms with Crippen LogP contribution in [-0.2, 0) is 0 Å². The average molecular weight is 398 g/mol. The van der Waals surface area contributed by atoms with Crippen LogP contribution in [0.1, 0.15) is 5.56 Å². The molecule has 128 valence electrons. The fourth-order valence-corrected chi connectivity index (χ4v) is 2.94. The normalized spacial score (nSPS) is 10.4. The van der Waals surface area contributed by atoms with E-state index in [9.17, 15) is 0 Å². The van der Waals surface area contributed by atoms with Gasteiger partial charge in [-0.15, -0.1) is 0 Å². The molecule has 0 aliphatic rings. The van der Waals surface area contributed by atoms with Gasteiger partial charge in [-0.05, 0) is 64.8 Å². The van der Waals surface area contributed by atoms with Crippen LogP contribution in [0, 0.1) is 6.92 Å². The molecule has 1 aromatic heterocycles. The Morgan fingerprint density at radius 3 is 2.20 bits per heavy atom. The molecule has 3 aromatic rings. The Bertz CT molecular complexity index is 862. The lowest BCUT2D eigenvalue weighted by Crippen LogP contribution is -2.08. The van der Waals surface area contributed by atoms with Crippen molar-refractivity contribution >= 4 is 44.6 Å². The molecule has 0 spiro atoms. The van der Waals surface area contributed by atoms with Gasteiger partial charge >= 0.3 is 0 Å². The van der Waals surface area contributed by atoms with Crippen LogP contribution < -0.4 is 15.5 Å². The first kappa shape index (κ1) is 17.2. The Balaban J connectivity index is 1.75. The minimum atomic E-state index is 0.729. The van der Waals surface area contributed by atoms with E-state index in [-0.39, 0.29) is 0 Å². The number of hydrogen-bond donors (Lipinski definition) is 2. The van der Waals surface area contributed by atoms with E-state index < -0.39 is 0 Å². The van der Waals surface area contributed by atoms with Crippen molar-refractivity contribution in [3.05, 3.63) is 64.9 Å². The van der Waals surface area contributed by atoms with E-state index in [4.69, 9.17) is 0 Å². The quantitative estimate of drug-likeness (QED) is 0.626. The number of nitrogens with zero attached hydrogens (tertiary/aromatic N) is 3. The predicted molar refractivity (Wildman–Crippen MR) is 108 cm³/mol. The Hall–Kier alpha value is -2.60. The fourth-order valence-electron chi connectivity index (χ4n) is 2.34. The van der Waals surface area contributed by atoms with Crippen molar-refractivity contribution in [2.75, 3.05) is 29.6 Å². The van der Waals surface area contributed by atoms with E-state index in [0.29, 0.717) is 0 Å². The summed E-state index contributed by atoms with van der Waals surface area (Å²) in [5.74, 6) is 1.46. The predicted octanol–water partition coefficient (Wildman–Crippen LogP) is 5.10. The zero-order chi connectivity index (χ0) is 17.8. The molecule has 3 rings (SSSR count). The number of rotatable bonds is 5. The van der Waals surface area contributed by atoms with Crippen LogP contribution in [0.15, 0.2) is 59.3 Å². The second-order valence-electron chi connectivity index (χ2n) is 5.96. The van der Waals surface area contributed by atoms with Crippen molar-refractivity contribution in [1.82, 2.24) is 9.97 Å². The van der Waals surface area contributed by atoms with Crippen molar-refractivity contribution in [3.63, 3.8) is 0 Å². The molecular weight excluding hydrogens is 378 g/mol. The molecule has 0 fully saturated rings. The molecule has 0 saturated carbocycles. The summed E-state index contributed by atoms with van der Waals surface area (Å²) >= 11 is 3.57. The number of nitrogens with one attached hydrogen (secondary N) is 2. The minimum Gasteiger partial charge on any atom is -0.378 e. The van der Waals surface area contributed by atoms with Crippen LogP contribution >= 0.6 is 15.9 Å². The smallest absolute Gasteiger partial charge is 0.135 e. The number of aromatic nitrogens is 2. The maximum absolute atomic E-state index is 4.29. The molecule has 0 unspecified atom stereocenters. The molecule has 2 N–H and O–H groups in total. The third kappa shape index (κ3) is 4.48. The van der Waals surface area contributed by atoms with E-state index in [2.05, 4.69) is 72.6 Å². The molecule has 0 saturated heterocycles. The zero-order valence-corrected chi connectivity index (χ0v) is 16.0. The molecule has 2 aromatic carbocycles. The fraction of sp³-hybridized carbons (Fsp3) is 0.158. The standard InChI is InChI=1S/C19H20BrN5/c1-13-4-9-17(16(20)10-13)24-19-11-18(21-12-22-19)23-14-5-7-15(8-6-14)25(2)3/h4-12H,1-3H3,(H2,21,22,23,24). The van der Waals surface area contributed by atoms with E-state index in [1.54, 1.807) is 6.33 Å². The van der Waals surface area contributed by atoms with Gasteiger partial charge in [0.1, 0.15) is 18.0 Å². The molecule has 0 bridgehead atoms. The minimum absolute atomic E-state index is 0.729. The molecule has 6 heteroatoms. The van der Waals surface area contributed by atoms with Crippen molar-refractivity contribution in [3.8, 4) is 0 Å². The molecule has 0 amide bonds. The largest absolute Gasteiger partial charge is 0.378 e. The van der Waals surface area contributed by atoms with Gasteiger partial charge in [0.05, 0.1) is 5.69 Å². The summed E-state index contributed by atoms with van der Waals surface area (Å²) in [6.07, 6.45) is 1.54. The number of hydrogen-bond acceptors (Lipinski definition) is 5. The molecule has 0 atom stereocenters. The molecule has 5 nitrogen and oxygen atoms in total. The highest BCUT2D eigenvalue weighted by Crippen LogP contribution is 2.27. The summed E-state index contributed by atoms with van der Waals surface area (Å²) in [5.41, 5.74) is 4.29. The van der Waals surface area contributed by atoms with E-state index in [1.807, 2.05) is 38.4 Å². The van der Waals surface area contributed by atoms with Crippen molar-refractivity contribution < 1.29 is 0 Å². The molecule has 0 aliphatic heterocycles. The topological polar surface area (TPSA) is 53.1 Å². The van der Waals surface area contributed by atoms with Crippen molar-refractivity contribution in [2.45, 2.75) is 6.92 Å². The number of halogens is 1. The highest BCUT2D eigenvalue weighted by molar-refractivity contribution is 9.10. The van der Waals surface area contributed by atoms with Gasteiger partial charge in [-0.1, -0.05) is 6.07 Å². The summed E-state index contributed by atoms with van der Waals surface area (Å²) in [6, 6.07) is 16.2. The van der Waals surface area contributed by atoms with Crippen molar-refractivity contribution in [1.29, 1.82) is 0 Å². The summed E-state index contributed by atoms with van der Waals surface area (Å²) < 4.78 is 1.000. The van der Waals surface area contributed by atoms with Gasteiger partial charge in [0.2, 0.25) is 0 Å². The second-order valence-corrected chi connectivity index (χ2v) is 6.82. The molecule has 1 heterocycles. The highest BCUT2D eigenvalue weighted by atomic mass is 79.9. The summed E-state index contributed by atoms with van der Waals surface area (Å²) in [7, 11) is 4.04. The van der Waals surface area contributed by atoms with Crippen molar-refractivity contribution in [2.24, 2.45) is 0 Å². The third-order valence-electron chi connectivity index (χ3n) is 3.71. The SMILES string of the molecule is Cc1ccc(Nc2cc(Nc3ccc(N(C)C)cc3)ncn2)c(Br)c1. The van der Waals surface area contributed by atoms with Crippen LogP contribution in [0.2, 0.25) is 0 Å². The maximum atomic E-state index is 4.29. The van der Waals surface area contributed by atoms with Gasteiger partial charge in [-0.3, -0.25) is 0 Å². The van der Waals surface area contributed by atoms with Crippen LogP contribution in [0.4, 0.5) is 28.7 Å². The Labute approximate surface area is 156 Å². The highest BCUT2D eigenvalue weighted by Gasteiger charge is 2.04. The van der Waals surface area contributed by atoms with E-state index >= 15 is 0 Å². The van der Waals surface area contributed by atoms with Crippen LogP contribution in [0.3, 0.4) is 0 Å². The van der Waals surface area contributed by atoms with Gasteiger partial charge in [0.25, 0.3) is 0 Å². The second kappa shape index (κ2) is 7.53. The van der Waals surface area contributed by atoms with Gasteiger partial charge < -0.3 is 15.5 Å². The molecule has 25 heavy (non-hydrogen) atoms. The lowest BCUT2D eigenvalue weighted by Gasteiger charge is -2.13. The first-order valence-electron chi connectivity index (χ1n) is 7.91. The summed E-state index contributed by atoms with van der Waals surface area (Å²) in [6.45, 7) is 2.06. The number of benzene rings is 2. The van der Waals surface area contributed by atoms with Gasteiger partial charge in [-0.25, -0.2) is 9.97 Å². The van der Waals surface area contributed by atoms with Crippen LogP contribution in [0.25, 0.3) is 0 Å². The number of aryl methyl sites for hydroxylation is 1. The summed E-state index contributed by atoms with van der Waals surface area (Å²) in [4.78, 5) is 10.6. The Kier molecular flexibility index (Phi) is 5.19. The monoisotopic (exact) mass is 397 g/mol. The first-order chi connectivity index (χ1) is 12.0. The van der Waals surface area contributed by atoms with Gasteiger partial charge in [0, 0.05) is 36.0 Å². The number of anilines is 5. The third-order valence-corrected chi connectivity index (χ3v) is 4.37. The first-order valence-corrected chi connectivity index (χ1v) is 8.70.